The second-order valence-electron chi connectivity index (χ2n) is 5.82. The van der Waals surface area contributed by atoms with Crippen molar-refractivity contribution in [2.24, 2.45) is 5.92 Å². The van der Waals surface area contributed by atoms with E-state index in [9.17, 15) is 14.0 Å². The van der Waals surface area contributed by atoms with E-state index in [1.165, 1.54) is 23.9 Å². The zero-order valence-corrected chi connectivity index (χ0v) is 13.7. The quantitative estimate of drug-likeness (QED) is 0.871. The number of thioether (sulfide) groups is 1. The molecule has 120 valence electrons. The van der Waals surface area contributed by atoms with E-state index in [1.807, 2.05) is 13.8 Å². The number of benzene rings is 1. The average molecular weight is 324 g/mol. The van der Waals surface area contributed by atoms with E-state index in [4.69, 9.17) is 0 Å². The molecule has 22 heavy (non-hydrogen) atoms. The number of carbonyl (C=O) groups is 2. The van der Waals surface area contributed by atoms with Crippen LogP contribution in [0.3, 0.4) is 0 Å². The lowest BCUT2D eigenvalue weighted by Crippen LogP contribution is -2.45. The molecule has 2 amide bonds. The van der Waals surface area contributed by atoms with Crippen molar-refractivity contribution < 1.29 is 14.0 Å². The number of halogens is 1. The van der Waals surface area contributed by atoms with Crippen LogP contribution in [0.4, 0.5) is 4.39 Å². The van der Waals surface area contributed by atoms with E-state index in [2.05, 4.69) is 5.32 Å². The highest BCUT2D eigenvalue weighted by Gasteiger charge is 2.24. The third-order valence-electron chi connectivity index (χ3n) is 3.68. The Kier molecular flexibility index (Phi) is 5.83. The molecule has 4 nitrogen and oxygen atoms in total. The predicted molar refractivity (Wildman–Crippen MR) is 85.9 cm³/mol. The van der Waals surface area contributed by atoms with Gasteiger partial charge in [0.05, 0.1) is 11.6 Å². The monoisotopic (exact) mass is 324 g/mol. The van der Waals surface area contributed by atoms with Gasteiger partial charge in [0, 0.05) is 6.04 Å². The molecule has 6 heteroatoms. The Morgan fingerprint density at radius 2 is 2.05 bits per heavy atom. The Morgan fingerprint density at radius 3 is 2.59 bits per heavy atom. The van der Waals surface area contributed by atoms with Crippen LogP contribution >= 0.6 is 11.8 Å². The van der Waals surface area contributed by atoms with Crippen molar-refractivity contribution in [2.75, 3.05) is 18.2 Å². The second-order valence-corrected chi connectivity index (χ2v) is 6.77. The standard InChI is InChI=1S/C16H21FN2O2S/c1-11(2)14(7-12-3-5-13(17)6-4-12)18-15(20)8-19-10-22-9-16(19)21/h3-6,11,14H,7-10H2,1-2H3,(H,18,20)/t14-/m0/s1. The first kappa shape index (κ1) is 16.8. The molecule has 0 aromatic heterocycles. The minimum Gasteiger partial charge on any atom is -0.351 e. The fourth-order valence-electron chi connectivity index (χ4n) is 2.29. The number of nitrogens with one attached hydrogen (secondary N) is 1. The van der Waals surface area contributed by atoms with Crippen LogP contribution < -0.4 is 5.32 Å². The van der Waals surface area contributed by atoms with Gasteiger partial charge in [-0.25, -0.2) is 4.39 Å². The van der Waals surface area contributed by atoms with Gasteiger partial charge >= 0.3 is 0 Å². The summed E-state index contributed by atoms with van der Waals surface area (Å²) < 4.78 is 12.9. The van der Waals surface area contributed by atoms with Gasteiger partial charge in [0.2, 0.25) is 11.8 Å². The SMILES string of the molecule is CC(C)[C@H](Cc1ccc(F)cc1)NC(=O)CN1CSCC1=O. The first-order chi connectivity index (χ1) is 10.5. The third kappa shape index (κ3) is 4.73. The van der Waals surface area contributed by atoms with Gasteiger partial charge in [-0.05, 0) is 30.0 Å². The van der Waals surface area contributed by atoms with Crippen LogP contribution in [0.1, 0.15) is 19.4 Å². The summed E-state index contributed by atoms with van der Waals surface area (Å²) in [6.07, 6.45) is 0.645. The molecule has 1 aliphatic heterocycles. The summed E-state index contributed by atoms with van der Waals surface area (Å²) >= 11 is 1.52. The van der Waals surface area contributed by atoms with E-state index in [1.54, 1.807) is 17.0 Å². The first-order valence-corrected chi connectivity index (χ1v) is 8.50. The van der Waals surface area contributed by atoms with Gasteiger partial charge in [0.1, 0.15) is 12.4 Å². The molecular weight excluding hydrogens is 303 g/mol. The summed E-state index contributed by atoms with van der Waals surface area (Å²) in [6, 6.07) is 6.28. The number of hydrogen-bond donors (Lipinski definition) is 1. The molecule has 0 unspecified atom stereocenters. The maximum atomic E-state index is 12.9. The molecule has 1 fully saturated rings. The molecular formula is C16H21FN2O2S. The highest BCUT2D eigenvalue weighted by Crippen LogP contribution is 2.15. The van der Waals surface area contributed by atoms with Gasteiger partial charge in [0.15, 0.2) is 0 Å². The van der Waals surface area contributed by atoms with Gasteiger partial charge in [0.25, 0.3) is 0 Å². The van der Waals surface area contributed by atoms with Crippen molar-refractivity contribution in [3.63, 3.8) is 0 Å². The maximum Gasteiger partial charge on any atom is 0.239 e. The fraction of sp³-hybridized carbons (Fsp3) is 0.500. The molecule has 0 saturated carbocycles. The molecule has 1 heterocycles. The Hall–Kier alpha value is -1.56. The van der Waals surface area contributed by atoms with Gasteiger partial charge < -0.3 is 10.2 Å². The Balaban J connectivity index is 1.91. The second kappa shape index (κ2) is 7.63. The van der Waals surface area contributed by atoms with Crippen LogP contribution in [-0.4, -0.2) is 40.9 Å². The van der Waals surface area contributed by atoms with Crippen molar-refractivity contribution in [2.45, 2.75) is 26.3 Å². The highest BCUT2D eigenvalue weighted by molar-refractivity contribution is 8.00. The van der Waals surface area contributed by atoms with E-state index in [0.717, 1.165) is 5.56 Å². The lowest BCUT2D eigenvalue weighted by atomic mass is 9.96. The van der Waals surface area contributed by atoms with Gasteiger partial charge in [-0.15, -0.1) is 11.8 Å². The van der Waals surface area contributed by atoms with E-state index in [0.29, 0.717) is 18.1 Å². The number of hydrogen-bond acceptors (Lipinski definition) is 3. The molecule has 1 saturated heterocycles. The maximum absolute atomic E-state index is 12.9. The van der Waals surface area contributed by atoms with E-state index >= 15 is 0 Å². The largest absolute Gasteiger partial charge is 0.351 e. The number of nitrogens with zero attached hydrogens (tertiary/aromatic N) is 1. The van der Waals surface area contributed by atoms with Crippen molar-refractivity contribution in [3.05, 3.63) is 35.6 Å². The third-order valence-corrected chi connectivity index (χ3v) is 4.63. The Morgan fingerprint density at radius 1 is 1.36 bits per heavy atom. The molecule has 1 aromatic carbocycles. The van der Waals surface area contributed by atoms with Crippen LogP contribution in [-0.2, 0) is 16.0 Å². The van der Waals surface area contributed by atoms with Gasteiger partial charge in [-0.3, -0.25) is 9.59 Å². The summed E-state index contributed by atoms with van der Waals surface area (Å²) in [5.41, 5.74) is 0.980. The lowest BCUT2D eigenvalue weighted by Gasteiger charge is -2.24. The van der Waals surface area contributed by atoms with E-state index < -0.39 is 0 Å². The zero-order valence-electron chi connectivity index (χ0n) is 12.8. The summed E-state index contributed by atoms with van der Waals surface area (Å²) in [6.45, 7) is 4.18. The van der Waals surface area contributed by atoms with Crippen LogP contribution in [0.25, 0.3) is 0 Å². The summed E-state index contributed by atoms with van der Waals surface area (Å²) in [5.74, 6) is 0.889. The number of amides is 2. The normalized spacial score (nSPS) is 16.2. The molecule has 0 radical (unpaired) electrons. The topological polar surface area (TPSA) is 49.4 Å². The minimum atomic E-state index is -0.265. The van der Waals surface area contributed by atoms with Crippen LogP contribution in [0.2, 0.25) is 0 Å². The summed E-state index contributed by atoms with van der Waals surface area (Å²) in [5, 5.41) is 2.99. The lowest BCUT2D eigenvalue weighted by molar-refractivity contribution is -0.132. The number of carbonyl (C=O) groups excluding carboxylic acids is 2. The molecule has 1 aliphatic rings. The molecule has 0 spiro atoms. The smallest absolute Gasteiger partial charge is 0.239 e. The van der Waals surface area contributed by atoms with E-state index in [-0.39, 0.29) is 36.1 Å². The Bertz CT molecular complexity index is 533. The van der Waals surface area contributed by atoms with Crippen molar-refractivity contribution in [1.29, 1.82) is 0 Å². The minimum absolute atomic E-state index is 0.0137. The van der Waals surface area contributed by atoms with Crippen LogP contribution in [0.5, 0.6) is 0 Å². The highest BCUT2D eigenvalue weighted by atomic mass is 32.2. The fourth-order valence-corrected chi connectivity index (χ4v) is 3.20. The summed E-state index contributed by atoms with van der Waals surface area (Å²) in [7, 11) is 0. The van der Waals surface area contributed by atoms with Crippen LogP contribution in [0, 0.1) is 11.7 Å². The van der Waals surface area contributed by atoms with Crippen molar-refractivity contribution in [3.8, 4) is 0 Å². The van der Waals surface area contributed by atoms with Gasteiger partial charge in [-0.1, -0.05) is 26.0 Å². The molecule has 2 rings (SSSR count). The Labute approximate surface area is 134 Å². The van der Waals surface area contributed by atoms with Crippen molar-refractivity contribution >= 4 is 23.6 Å². The van der Waals surface area contributed by atoms with Crippen LogP contribution in [0.15, 0.2) is 24.3 Å². The predicted octanol–water partition coefficient (Wildman–Crippen LogP) is 2.04. The summed E-state index contributed by atoms with van der Waals surface area (Å²) in [4.78, 5) is 25.2. The first-order valence-electron chi connectivity index (χ1n) is 7.35. The molecule has 0 aliphatic carbocycles. The average Bonchev–Trinajstić information content (AvgIpc) is 2.85. The number of rotatable bonds is 6. The molecule has 1 atom stereocenters. The van der Waals surface area contributed by atoms with Crippen molar-refractivity contribution in [1.82, 2.24) is 10.2 Å². The van der Waals surface area contributed by atoms with Gasteiger partial charge in [-0.2, -0.15) is 0 Å². The molecule has 0 bridgehead atoms. The molecule has 1 N–H and O–H groups in total. The molecule has 1 aromatic rings. The zero-order chi connectivity index (χ0) is 16.1.